The van der Waals surface area contributed by atoms with Gasteiger partial charge in [0.25, 0.3) is 5.91 Å². The van der Waals surface area contributed by atoms with Crippen LogP contribution in [0, 0.1) is 25.6 Å². The molecule has 2 saturated carbocycles. The molecule has 0 bridgehead atoms. The number of aliphatic hydroxyl groups is 1. The van der Waals surface area contributed by atoms with Crippen molar-refractivity contribution in [1.29, 1.82) is 0 Å². The number of carbonyl (C=O) groups is 1. The highest BCUT2D eigenvalue weighted by atomic mass is 19.1. The van der Waals surface area contributed by atoms with E-state index in [4.69, 9.17) is 4.74 Å². The molecule has 1 amide bonds. The average molecular weight is 453 g/mol. The molecule has 0 atom stereocenters. The second-order valence-electron chi connectivity index (χ2n) is 9.37. The summed E-state index contributed by atoms with van der Waals surface area (Å²) in [5.41, 5.74) is 3.23. The molecule has 2 aliphatic rings. The highest BCUT2D eigenvalue weighted by Crippen LogP contribution is 2.39. The van der Waals surface area contributed by atoms with Crippen molar-refractivity contribution in [2.24, 2.45) is 5.92 Å². The fraction of sp³-hybridized carbons (Fsp3) is 0.480. The van der Waals surface area contributed by atoms with Crippen molar-refractivity contribution in [3.05, 3.63) is 41.1 Å². The Labute approximate surface area is 191 Å². The van der Waals surface area contributed by atoms with Crippen LogP contribution in [0.5, 0.6) is 5.75 Å². The van der Waals surface area contributed by atoms with Crippen LogP contribution in [-0.2, 0) is 0 Å². The first-order valence-corrected chi connectivity index (χ1v) is 11.7. The van der Waals surface area contributed by atoms with Crippen molar-refractivity contribution >= 4 is 16.9 Å². The van der Waals surface area contributed by atoms with Crippen molar-refractivity contribution in [1.82, 2.24) is 20.3 Å². The minimum atomic E-state index is -0.387. The van der Waals surface area contributed by atoms with E-state index in [-0.39, 0.29) is 29.4 Å². The molecular weight excluding hydrogens is 423 g/mol. The number of aliphatic hydroxyl groups excluding tert-OH is 1. The highest BCUT2D eigenvalue weighted by Gasteiger charge is 2.28. The van der Waals surface area contributed by atoms with Gasteiger partial charge in [-0.05, 0) is 69.9 Å². The number of hydrogen-bond donors (Lipinski definition) is 3. The van der Waals surface area contributed by atoms with Crippen LogP contribution in [0.4, 0.5) is 4.39 Å². The molecule has 0 saturated heterocycles. The van der Waals surface area contributed by atoms with Crippen molar-refractivity contribution in [2.45, 2.75) is 64.5 Å². The monoisotopic (exact) mass is 452 g/mol. The largest absolute Gasteiger partial charge is 0.492 e. The molecular formula is C25H29FN4O3. The number of halogens is 1. The Morgan fingerprint density at radius 1 is 1.18 bits per heavy atom. The van der Waals surface area contributed by atoms with Gasteiger partial charge in [-0.3, -0.25) is 4.79 Å². The zero-order valence-corrected chi connectivity index (χ0v) is 18.9. The molecule has 2 fully saturated rings. The second kappa shape index (κ2) is 8.74. The van der Waals surface area contributed by atoms with E-state index in [9.17, 15) is 9.90 Å². The molecule has 0 aliphatic heterocycles. The van der Waals surface area contributed by atoms with E-state index in [2.05, 4.69) is 20.3 Å². The number of aromatic nitrogens is 3. The van der Waals surface area contributed by atoms with Crippen LogP contribution < -0.4 is 10.1 Å². The first-order chi connectivity index (χ1) is 15.9. The van der Waals surface area contributed by atoms with Gasteiger partial charge in [-0.2, -0.15) is 0 Å². The molecule has 2 heterocycles. The summed E-state index contributed by atoms with van der Waals surface area (Å²) in [5.74, 6) is 0.364. The minimum Gasteiger partial charge on any atom is -0.492 e. The maximum Gasteiger partial charge on any atom is 0.255 e. The maximum atomic E-state index is 15.4. The molecule has 1 aromatic carbocycles. The number of benzene rings is 1. The van der Waals surface area contributed by atoms with Gasteiger partial charge in [0.05, 0.1) is 29.4 Å². The Balaban J connectivity index is 1.52. The van der Waals surface area contributed by atoms with Crippen LogP contribution >= 0.6 is 0 Å². The number of nitrogens with zero attached hydrogens (tertiary/aromatic N) is 2. The third kappa shape index (κ3) is 4.31. The number of nitrogens with one attached hydrogen (secondary N) is 2. The highest BCUT2D eigenvalue weighted by molar-refractivity contribution is 6.09. The van der Waals surface area contributed by atoms with Crippen molar-refractivity contribution in [3.8, 4) is 17.0 Å². The van der Waals surface area contributed by atoms with Gasteiger partial charge >= 0.3 is 0 Å². The van der Waals surface area contributed by atoms with Crippen LogP contribution in [0.25, 0.3) is 22.3 Å². The summed E-state index contributed by atoms with van der Waals surface area (Å²) in [6.07, 6.45) is 6.19. The Bertz CT molecular complexity index is 1200. The Hall–Kier alpha value is -3.00. The smallest absolute Gasteiger partial charge is 0.255 e. The molecule has 5 rings (SSSR count). The molecule has 0 radical (unpaired) electrons. The molecule has 3 aromatic rings. The predicted octanol–water partition coefficient (Wildman–Crippen LogP) is 4.20. The van der Waals surface area contributed by atoms with Gasteiger partial charge < -0.3 is 20.1 Å². The van der Waals surface area contributed by atoms with Gasteiger partial charge in [0.1, 0.15) is 29.1 Å². The first-order valence-electron chi connectivity index (χ1n) is 11.7. The SMILES string of the molecule is Cc1ccc(OCC2CC2)c(-c2ncnc3c(C(=O)N[C@H]4CC[C@@H](O)CC4)c(C)[nH]c23)c1F. The van der Waals surface area contributed by atoms with Crippen LogP contribution in [-0.4, -0.2) is 44.7 Å². The van der Waals surface area contributed by atoms with Gasteiger partial charge in [0, 0.05) is 11.7 Å². The van der Waals surface area contributed by atoms with Crippen molar-refractivity contribution in [3.63, 3.8) is 0 Å². The molecule has 8 heteroatoms. The number of fused-ring (bicyclic) bond motifs is 1. The van der Waals surface area contributed by atoms with Gasteiger partial charge in [-0.25, -0.2) is 14.4 Å². The molecule has 2 aromatic heterocycles. The van der Waals surface area contributed by atoms with Crippen LogP contribution in [0.1, 0.15) is 60.1 Å². The van der Waals surface area contributed by atoms with Crippen LogP contribution in [0.15, 0.2) is 18.5 Å². The second-order valence-corrected chi connectivity index (χ2v) is 9.37. The Morgan fingerprint density at radius 2 is 1.94 bits per heavy atom. The first kappa shape index (κ1) is 21.8. The molecule has 0 spiro atoms. The average Bonchev–Trinajstić information content (AvgIpc) is 3.56. The Kier molecular flexibility index (Phi) is 5.78. The predicted molar refractivity (Wildman–Crippen MR) is 123 cm³/mol. The van der Waals surface area contributed by atoms with E-state index in [1.165, 1.54) is 6.33 Å². The van der Waals surface area contributed by atoms with E-state index in [1.54, 1.807) is 19.1 Å². The third-order valence-electron chi connectivity index (χ3n) is 6.74. The van der Waals surface area contributed by atoms with Crippen molar-refractivity contribution < 1.29 is 19.0 Å². The number of ether oxygens (including phenoxy) is 1. The van der Waals surface area contributed by atoms with E-state index in [0.29, 0.717) is 64.7 Å². The topological polar surface area (TPSA) is 100 Å². The van der Waals surface area contributed by atoms with Gasteiger partial charge in [0.15, 0.2) is 0 Å². The maximum absolute atomic E-state index is 15.4. The van der Waals surface area contributed by atoms with Crippen LogP contribution in [0.2, 0.25) is 0 Å². The Morgan fingerprint density at radius 3 is 2.67 bits per heavy atom. The quantitative estimate of drug-likeness (QED) is 0.520. The lowest BCUT2D eigenvalue weighted by Gasteiger charge is -2.26. The number of aryl methyl sites for hydroxylation is 2. The van der Waals surface area contributed by atoms with E-state index < -0.39 is 0 Å². The third-order valence-corrected chi connectivity index (χ3v) is 6.74. The summed E-state index contributed by atoms with van der Waals surface area (Å²) in [6.45, 7) is 4.07. The zero-order chi connectivity index (χ0) is 23.1. The number of carbonyl (C=O) groups excluding carboxylic acids is 1. The molecule has 174 valence electrons. The number of amides is 1. The lowest BCUT2D eigenvalue weighted by molar-refractivity contribution is 0.0868. The molecule has 33 heavy (non-hydrogen) atoms. The number of H-pyrrole nitrogens is 1. The standard InChI is InChI=1S/C25H29FN4O3/c1-13-3-10-18(33-11-15-4-5-15)20(21(13)26)23-24-22(27-12-28-23)19(14(2)29-24)25(32)30-16-6-8-17(31)9-7-16/h3,10,12,15-17,29,31H,4-9,11H2,1-2H3,(H,30,32)/t16-,17+. The fourth-order valence-electron chi connectivity index (χ4n) is 4.56. The summed E-state index contributed by atoms with van der Waals surface area (Å²) < 4.78 is 21.3. The molecule has 3 N–H and O–H groups in total. The van der Waals surface area contributed by atoms with Gasteiger partial charge in [-0.15, -0.1) is 0 Å². The van der Waals surface area contributed by atoms with Gasteiger partial charge in [-0.1, -0.05) is 6.07 Å². The lowest BCUT2D eigenvalue weighted by Crippen LogP contribution is -2.38. The lowest BCUT2D eigenvalue weighted by atomic mass is 9.93. The summed E-state index contributed by atoms with van der Waals surface area (Å²) in [4.78, 5) is 25.2. The summed E-state index contributed by atoms with van der Waals surface area (Å²) in [5, 5.41) is 12.8. The number of hydrogen-bond acceptors (Lipinski definition) is 5. The number of rotatable bonds is 6. The summed E-state index contributed by atoms with van der Waals surface area (Å²) in [6, 6.07) is 3.51. The van der Waals surface area contributed by atoms with Crippen molar-refractivity contribution in [2.75, 3.05) is 6.61 Å². The molecule has 0 unspecified atom stereocenters. The zero-order valence-electron chi connectivity index (χ0n) is 18.9. The summed E-state index contributed by atoms with van der Waals surface area (Å²) >= 11 is 0. The van der Waals surface area contributed by atoms with E-state index in [0.717, 1.165) is 25.7 Å². The normalized spacial score (nSPS) is 20.7. The fourth-order valence-corrected chi connectivity index (χ4v) is 4.56. The van der Waals surface area contributed by atoms with E-state index in [1.807, 2.05) is 6.92 Å². The molecule has 2 aliphatic carbocycles. The van der Waals surface area contributed by atoms with E-state index >= 15 is 4.39 Å². The van der Waals surface area contributed by atoms with Crippen LogP contribution in [0.3, 0.4) is 0 Å². The summed E-state index contributed by atoms with van der Waals surface area (Å²) in [7, 11) is 0. The molecule has 7 nitrogen and oxygen atoms in total. The van der Waals surface area contributed by atoms with Gasteiger partial charge in [0.2, 0.25) is 0 Å². The minimum absolute atomic E-state index is 0.0169. The number of aromatic amines is 1.